The Hall–Kier alpha value is -3.62. The monoisotopic (exact) mass is 360 g/mol. The number of pyridine rings is 1. The molecule has 0 radical (unpaired) electrons. The van der Waals surface area contributed by atoms with E-state index in [4.69, 9.17) is 0 Å². The van der Waals surface area contributed by atoms with Gasteiger partial charge in [0.25, 0.3) is 0 Å². The number of aryl methyl sites for hydroxylation is 2. The first-order chi connectivity index (χ1) is 13.1. The van der Waals surface area contributed by atoms with Crippen LogP contribution < -0.4 is 5.32 Å². The Kier molecular flexibility index (Phi) is 3.30. The number of rotatable bonds is 2. The summed E-state index contributed by atoms with van der Waals surface area (Å²) in [6, 6.07) is 7.53. The van der Waals surface area contributed by atoms with Crippen molar-refractivity contribution in [1.82, 2.24) is 34.6 Å². The third kappa shape index (κ3) is 2.39. The van der Waals surface area contributed by atoms with Gasteiger partial charge in [0.2, 0.25) is 5.91 Å². The van der Waals surface area contributed by atoms with E-state index in [1.807, 2.05) is 38.1 Å². The fraction of sp³-hybridized carbons (Fsp3) is 0.222. The van der Waals surface area contributed by atoms with Crippen LogP contribution in [-0.2, 0) is 4.79 Å². The Morgan fingerprint density at radius 1 is 1.07 bits per heavy atom. The van der Waals surface area contributed by atoms with Gasteiger partial charge in [-0.05, 0) is 43.7 Å². The van der Waals surface area contributed by atoms with Crippen molar-refractivity contribution < 1.29 is 4.79 Å². The highest BCUT2D eigenvalue weighted by atomic mass is 16.1. The lowest BCUT2D eigenvalue weighted by molar-refractivity contribution is -0.116. The number of nitrogens with one attached hydrogen (secondary N) is 1. The number of fused-ring (bicyclic) bond motifs is 2. The van der Waals surface area contributed by atoms with Crippen LogP contribution in [-0.4, -0.2) is 40.5 Å². The Morgan fingerprint density at radius 2 is 1.89 bits per heavy atom. The zero-order chi connectivity index (χ0) is 18.5. The topological polar surface area (TPSA) is 103 Å². The molecule has 0 saturated carbocycles. The smallest absolute Gasteiger partial charge is 0.226 e. The predicted molar refractivity (Wildman–Crippen MR) is 96.7 cm³/mol. The van der Waals surface area contributed by atoms with Gasteiger partial charge < -0.3 is 5.32 Å². The van der Waals surface area contributed by atoms with Crippen LogP contribution >= 0.6 is 0 Å². The number of nitrogens with zero attached hydrogens (tertiary/aromatic N) is 7. The third-order valence-corrected chi connectivity index (χ3v) is 4.83. The summed E-state index contributed by atoms with van der Waals surface area (Å²) in [6.45, 7) is 3.78. The molecule has 5 rings (SSSR count). The second-order valence-electron chi connectivity index (χ2n) is 6.55. The molecular formula is C18H16N8O. The summed E-state index contributed by atoms with van der Waals surface area (Å²) in [7, 11) is 0. The zero-order valence-corrected chi connectivity index (χ0v) is 14.8. The molecule has 0 spiro atoms. The van der Waals surface area contributed by atoms with Crippen molar-refractivity contribution in [3.63, 3.8) is 0 Å². The Labute approximate surface area is 154 Å². The number of carbonyl (C=O) groups excluding carboxylic acids is 1. The molecule has 0 fully saturated rings. The highest BCUT2D eigenvalue weighted by molar-refractivity contribution is 5.95. The van der Waals surface area contributed by atoms with Gasteiger partial charge in [-0.15, -0.1) is 15.3 Å². The maximum absolute atomic E-state index is 12.4. The van der Waals surface area contributed by atoms with Crippen molar-refractivity contribution in [1.29, 1.82) is 0 Å². The molecule has 4 aromatic rings. The van der Waals surface area contributed by atoms with Crippen molar-refractivity contribution >= 4 is 17.4 Å². The fourth-order valence-electron chi connectivity index (χ4n) is 3.59. The lowest BCUT2D eigenvalue weighted by Crippen LogP contribution is -2.25. The molecular weight excluding hydrogens is 344 g/mol. The van der Waals surface area contributed by atoms with Crippen LogP contribution in [0.5, 0.6) is 0 Å². The van der Waals surface area contributed by atoms with Gasteiger partial charge in [-0.1, -0.05) is 0 Å². The lowest BCUT2D eigenvalue weighted by atomic mass is 9.86. The molecule has 0 aromatic carbocycles. The molecule has 0 unspecified atom stereocenters. The average Bonchev–Trinajstić information content (AvgIpc) is 3.22. The predicted octanol–water partition coefficient (Wildman–Crippen LogP) is 1.80. The van der Waals surface area contributed by atoms with Gasteiger partial charge in [0, 0.05) is 30.3 Å². The quantitative estimate of drug-likeness (QED) is 0.585. The molecule has 134 valence electrons. The van der Waals surface area contributed by atoms with Gasteiger partial charge in [0.15, 0.2) is 17.3 Å². The number of amides is 1. The Balaban J connectivity index is 1.69. The van der Waals surface area contributed by atoms with Crippen LogP contribution in [0.1, 0.15) is 35.0 Å². The van der Waals surface area contributed by atoms with Crippen LogP contribution in [0.2, 0.25) is 0 Å². The summed E-state index contributed by atoms with van der Waals surface area (Å²) >= 11 is 0. The molecule has 0 bridgehead atoms. The first-order valence-corrected chi connectivity index (χ1v) is 8.60. The van der Waals surface area contributed by atoms with E-state index in [2.05, 4.69) is 30.7 Å². The summed E-state index contributed by atoms with van der Waals surface area (Å²) in [5.41, 5.74) is 3.56. The first-order valence-electron chi connectivity index (χ1n) is 8.60. The van der Waals surface area contributed by atoms with Crippen LogP contribution in [0.25, 0.3) is 11.5 Å². The molecule has 9 nitrogen and oxygen atoms in total. The molecule has 27 heavy (non-hydrogen) atoms. The minimum atomic E-state index is -0.0640. The molecule has 1 aliphatic heterocycles. The van der Waals surface area contributed by atoms with Gasteiger partial charge in [0.05, 0.1) is 5.69 Å². The molecule has 4 aromatic heterocycles. The van der Waals surface area contributed by atoms with Crippen molar-refractivity contribution in [2.24, 2.45) is 0 Å². The molecule has 1 amide bonds. The van der Waals surface area contributed by atoms with E-state index in [9.17, 15) is 4.79 Å². The number of hydrogen-bond donors (Lipinski definition) is 1. The van der Waals surface area contributed by atoms with Crippen LogP contribution in [0.4, 0.5) is 5.82 Å². The van der Waals surface area contributed by atoms with Crippen molar-refractivity contribution in [2.75, 3.05) is 5.32 Å². The highest BCUT2D eigenvalue weighted by Crippen LogP contribution is 2.39. The molecule has 0 saturated heterocycles. The molecule has 1 aliphatic rings. The number of aromatic nitrogens is 7. The molecule has 0 aliphatic carbocycles. The number of hydrogen-bond acceptors (Lipinski definition) is 6. The fourth-order valence-corrected chi connectivity index (χ4v) is 3.59. The normalized spacial score (nSPS) is 16.4. The third-order valence-electron chi connectivity index (χ3n) is 4.83. The van der Waals surface area contributed by atoms with Gasteiger partial charge in [0.1, 0.15) is 5.82 Å². The molecule has 1 N–H and O–H groups in total. The highest BCUT2D eigenvalue weighted by Gasteiger charge is 2.33. The van der Waals surface area contributed by atoms with E-state index >= 15 is 0 Å². The van der Waals surface area contributed by atoms with Crippen LogP contribution in [0.3, 0.4) is 0 Å². The molecule has 5 heterocycles. The Bertz CT molecular complexity index is 1180. The average molecular weight is 360 g/mol. The number of anilines is 1. The maximum Gasteiger partial charge on any atom is 0.226 e. The van der Waals surface area contributed by atoms with E-state index in [1.165, 1.54) is 0 Å². The van der Waals surface area contributed by atoms with Crippen molar-refractivity contribution in [3.05, 3.63) is 59.3 Å². The van der Waals surface area contributed by atoms with E-state index in [1.54, 1.807) is 21.6 Å². The SMILES string of the molecule is Cc1nn(-c2ccc3nnc(C)n3n2)c2c1[C@H](c1ccncc1)CC(=O)N2. The van der Waals surface area contributed by atoms with Gasteiger partial charge >= 0.3 is 0 Å². The van der Waals surface area contributed by atoms with Crippen molar-refractivity contribution in [3.8, 4) is 5.82 Å². The van der Waals surface area contributed by atoms with E-state index in [0.29, 0.717) is 29.5 Å². The van der Waals surface area contributed by atoms with E-state index in [0.717, 1.165) is 16.8 Å². The Morgan fingerprint density at radius 3 is 2.70 bits per heavy atom. The van der Waals surface area contributed by atoms with Crippen LogP contribution in [0, 0.1) is 13.8 Å². The summed E-state index contributed by atoms with van der Waals surface area (Å²) in [4.78, 5) is 16.5. The summed E-state index contributed by atoms with van der Waals surface area (Å²) in [5.74, 6) is 1.81. The van der Waals surface area contributed by atoms with E-state index < -0.39 is 0 Å². The van der Waals surface area contributed by atoms with Crippen molar-refractivity contribution in [2.45, 2.75) is 26.2 Å². The summed E-state index contributed by atoms with van der Waals surface area (Å²) < 4.78 is 3.33. The lowest BCUT2D eigenvalue weighted by Gasteiger charge is -2.24. The second kappa shape index (κ2) is 5.70. The summed E-state index contributed by atoms with van der Waals surface area (Å²) in [5, 5.41) is 20.3. The molecule has 1 atom stereocenters. The standard InChI is InChI=1S/C18H16N8O/c1-10-17-13(12-5-7-19-8-6-12)9-16(27)20-18(17)26(23-10)15-4-3-14-22-21-11(2)25(14)24-15/h3-8,13H,9H2,1-2H3,(H,20,27)/t13-/m0/s1. The van der Waals surface area contributed by atoms with Gasteiger partial charge in [-0.25, -0.2) is 0 Å². The molecule has 9 heteroatoms. The van der Waals surface area contributed by atoms with Gasteiger partial charge in [-0.2, -0.15) is 14.3 Å². The zero-order valence-electron chi connectivity index (χ0n) is 14.8. The first kappa shape index (κ1) is 15.6. The van der Waals surface area contributed by atoms with Gasteiger partial charge in [-0.3, -0.25) is 9.78 Å². The number of carbonyl (C=O) groups is 1. The summed E-state index contributed by atoms with van der Waals surface area (Å²) in [6.07, 6.45) is 3.86. The van der Waals surface area contributed by atoms with E-state index in [-0.39, 0.29) is 11.8 Å². The largest absolute Gasteiger partial charge is 0.310 e. The minimum absolute atomic E-state index is 0.0491. The minimum Gasteiger partial charge on any atom is -0.310 e. The maximum atomic E-state index is 12.4. The second-order valence-corrected chi connectivity index (χ2v) is 6.55. The van der Waals surface area contributed by atoms with Crippen LogP contribution in [0.15, 0.2) is 36.7 Å².